The maximum atomic E-state index is 10.5. The predicted octanol–water partition coefficient (Wildman–Crippen LogP) is 9.41. The number of carboxylic acids is 1. The van der Waals surface area contributed by atoms with E-state index in [1.807, 2.05) is 0 Å². The summed E-state index contributed by atoms with van der Waals surface area (Å²) in [5.41, 5.74) is 0. The van der Waals surface area contributed by atoms with E-state index in [1.54, 1.807) is 0 Å². The Morgan fingerprint density at radius 3 is 1.55 bits per heavy atom. The fourth-order valence-electron chi connectivity index (χ4n) is 4.76. The molecule has 1 atom stereocenters. The monoisotopic (exact) mass is 465 g/mol. The van der Waals surface area contributed by atoms with Crippen LogP contribution in [0.2, 0.25) is 0 Å². The van der Waals surface area contributed by atoms with E-state index in [4.69, 9.17) is 5.11 Å². The first kappa shape index (κ1) is 32.2. The summed E-state index contributed by atoms with van der Waals surface area (Å²) in [6.45, 7) is 3.57. The van der Waals surface area contributed by atoms with Gasteiger partial charge in [0.25, 0.3) is 0 Å². The Balaban J connectivity index is 3.49. The van der Waals surface area contributed by atoms with E-state index in [9.17, 15) is 4.79 Å². The largest absolute Gasteiger partial charge is 0.481 e. The van der Waals surface area contributed by atoms with Crippen molar-refractivity contribution in [2.24, 2.45) is 5.92 Å². The summed E-state index contributed by atoms with van der Waals surface area (Å²) in [5, 5.41) is 8.62. The molecule has 0 aromatic carbocycles. The highest BCUT2D eigenvalue weighted by molar-refractivity contribution is 5.66. The van der Waals surface area contributed by atoms with E-state index < -0.39 is 5.97 Å². The highest BCUT2D eigenvalue weighted by atomic mass is 16.4. The normalized spacial score (nSPS) is 12.7. The molecule has 0 aliphatic carbocycles. The van der Waals surface area contributed by atoms with Gasteiger partial charge in [0.2, 0.25) is 0 Å². The van der Waals surface area contributed by atoms with Gasteiger partial charge < -0.3 is 10.0 Å². The van der Waals surface area contributed by atoms with Crippen molar-refractivity contribution in [3.63, 3.8) is 0 Å². The number of rotatable bonds is 26. The van der Waals surface area contributed by atoms with Gasteiger partial charge in [-0.2, -0.15) is 0 Å². The smallest absolute Gasteiger partial charge is 0.303 e. The summed E-state index contributed by atoms with van der Waals surface area (Å²) in [6.07, 6.45) is 32.8. The van der Waals surface area contributed by atoms with Crippen LogP contribution in [0.15, 0.2) is 12.2 Å². The molecule has 0 amide bonds. The van der Waals surface area contributed by atoms with Crippen LogP contribution >= 0.6 is 0 Å². The van der Waals surface area contributed by atoms with Gasteiger partial charge in [-0.05, 0) is 65.0 Å². The van der Waals surface area contributed by atoms with E-state index in [0.717, 1.165) is 18.8 Å². The first-order valence-electron chi connectivity index (χ1n) is 14.6. The average molecular weight is 466 g/mol. The van der Waals surface area contributed by atoms with Gasteiger partial charge in [0, 0.05) is 13.0 Å². The Labute approximate surface area is 207 Å². The van der Waals surface area contributed by atoms with Crippen molar-refractivity contribution in [1.82, 2.24) is 4.90 Å². The van der Waals surface area contributed by atoms with Crippen molar-refractivity contribution in [3.8, 4) is 0 Å². The topological polar surface area (TPSA) is 40.5 Å². The quantitative estimate of drug-likeness (QED) is 0.102. The van der Waals surface area contributed by atoms with Gasteiger partial charge in [-0.1, -0.05) is 109 Å². The average Bonchev–Trinajstić information content (AvgIpc) is 2.77. The van der Waals surface area contributed by atoms with Crippen LogP contribution in [-0.4, -0.2) is 36.6 Å². The number of carboxylic acid groups (broad SMARTS) is 1. The Morgan fingerprint density at radius 2 is 1.09 bits per heavy atom. The van der Waals surface area contributed by atoms with Crippen LogP contribution in [0.1, 0.15) is 148 Å². The molecule has 0 saturated heterocycles. The zero-order valence-electron chi connectivity index (χ0n) is 22.8. The molecule has 3 nitrogen and oxygen atoms in total. The fraction of sp³-hybridized carbons (Fsp3) is 0.900. The summed E-state index contributed by atoms with van der Waals surface area (Å²) < 4.78 is 0. The molecule has 0 aliphatic heterocycles. The molecule has 0 heterocycles. The van der Waals surface area contributed by atoms with Crippen molar-refractivity contribution in [2.75, 3.05) is 20.6 Å². The van der Waals surface area contributed by atoms with Crippen molar-refractivity contribution in [1.29, 1.82) is 0 Å². The molecule has 1 unspecified atom stereocenters. The Kier molecular flexibility index (Phi) is 25.1. The van der Waals surface area contributed by atoms with Gasteiger partial charge in [0.15, 0.2) is 0 Å². The third-order valence-electron chi connectivity index (χ3n) is 6.75. The molecule has 0 saturated carbocycles. The van der Waals surface area contributed by atoms with Gasteiger partial charge in [-0.3, -0.25) is 4.79 Å². The lowest BCUT2D eigenvalue weighted by atomic mass is 9.93. The molecule has 0 aromatic heterocycles. The third-order valence-corrected chi connectivity index (χ3v) is 6.75. The SMILES string of the molecule is CCCCCCCCC(CCCCCCCCC=CCCCCCCCC(=O)O)CN(C)C. The summed E-state index contributed by atoms with van der Waals surface area (Å²) in [5.74, 6) is 0.242. The van der Waals surface area contributed by atoms with E-state index >= 15 is 0 Å². The van der Waals surface area contributed by atoms with E-state index in [1.165, 1.54) is 129 Å². The molecule has 1 N–H and O–H groups in total. The van der Waals surface area contributed by atoms with Crippen LogP contribution < -0.4 is 0 Å². The Bertz CT molecular complexity index is 433. The number of allylic oxidation sites excluding steroid dienone is 2. The Morgan fingerprint density at radius 1 is 0.667 bits per heavy atom. The third kappa shape index (κ3) is 27.3. The molecular weight excluding hydrogens is 406 g/mol. The van der Waals surface area contributed by atoms with Crippen molar-refractivity contribution < 1.29 is 9.90 Å². The highest BCUT2D eigenvalue weighted by Crippen LogP contribution is 2.20. The minimum absolute atomic E-state index is 0.329. The molecule has 0 aliphatic rings. The summed E-state index contributed by atoms with van der Waals surface area (Å²) in [4.78, 5) is 12.8. The second-order valence-corrected chi connectivity index (χ2v) is 10.6. The molecule has 0 spiro atoms. The highest BCUT2D eigenvalue weighted by Gasteiger charge is 2.09. The predicted molar refractivity (Wildman–Crippen MR) is 146 cm³/mol. The summed E-state index contributed by atoms with van der Waals surface area (Å²) in [7, 11) is 4.46. The minimum atomic E-state index is -0.662. The molecule has 0 bridgehead atoms. The molecule has 0 aromatic rings. The number of nitrogens with zero attached hydrogens (tertiary/aromatic N) is 1. The van der Waals surface area contributed by atoms with Crippen molar-refractivity contribution in [3.05, 3.63) is 12.2 Å². The molecule has 0 rings (SSSR count). The van der Waals surface area contributed by atoms with Crippen LogP contribution in [0.3, 0.4) is 0 Å². The van der Waals surface area contributed by atoms with Crippen molar-refractivity contribution in [2.45, 2.75) is 148 Å². The number of hydrogen-bond donors (Lipinski definition) is 1. The van der Waals surface area contributed by atoms with Crippen LogP contribution in [0, 0.1) is 5.92 Å². The van der Waals surface area contributed by atoms with Gasteiger partial charge >= 0.3 is 5.97 Å². The standard InChI is InChI=1S/C30H59NO2/c1-4-5-6-7-19-22-25-29(28-31(2)3)26-23-20-17-15-13-11-9-8-10-12-14-16-18-21-24-27-30(32)33/h8,10,29H,4-7,9,11-28H2,1-3H3,(H,32,33). The van der Waals surface area contributed by atoms with Crippen LogP contribution in [0.5, 0.6) is 0 Å². The first-order chi connectivity index (χ1) is 16.1. The lowest BCUT2D eigenvalue weighted by Crippen LogP contribution is -2.21. The molecule has 0 radical (unpaired) electrons. The fourth-order valence-corrected chi connectivity index (χ4v) is 4.76. The second kappa shape index (κ2) is 25.8. The maximum absolute atomic E-state index is 10.5. The zero-order chi connectivity index (χ0) is 24.4. The van der Waals surface area contributed by atoms with Crippen LogP contribution in [0.4, 0.5) is 0 Å². The van der Waals surface area contributed by atoms with Crippen molar-refractivity contribution >= 4 is 5.97 Å². The minimum Gasteiger partial charge on any atom is -0.481 e. The summed E-state index contributed by atoms with van der Waals surface area (Å²) >= 11 is 0. The number of carbonyl (C=O) groups is 1. The van der Waals surface area contributed by atoms with Crippen LogP contribution in [0.25, 0.3) is 0 Å². The van der Waals surface area contributed by atoms with Gasteiger partial charge in [0.1, 0.15) is 0 Å². The molecule has 3 heteroatoms. The maximum Gasteiger partial charge on any atom is 0.303 e. The van der Waals surface area contributed by atoms with Gasteiger partial charge in [-0.15, -0.1) is 0 Å². The van der Waals surface area contributed by atoms with Gasteiger partial charge in [0.05, 0.1) is 0 Å². The first-order valence-corrected chi connectivity index (χ1v) is 14.6. The molecule has 0 fully saturated rings. The lowest BCUT2D eigenvalue weighted by molar-refractivity contribution is -0.137. The number of unbranched alkanes of at least 4 members (excludes halogenated alkanes) is 16. The second-order valence-electron chi connectivity index (χ2n) is 10.6. The lowest BCUT2D eigenvalue weighted by Gasteiger charge is -2.21. The number of aliphatic carboxylic acids is 1. The molecular formula is C30H59NO2. The summed E-state index contributed by atoms with van der Waals surface area (Å²) in [6, 6.07) is 0. The molecule has 196 valence electrons. The van der Waals surface area contributed by atoms with E-state index in [-0.39, 0.29) is 0 Å². The molecule has 33 heavy (non-hydrogen) atoms. The number of hydrogen-bond acceptors (Lipinski definition) is 2. The van der Waals surface area contributed by atoms with Gasteiger partial charge in [-0.25, -0.2) is 0 Å². The Hall–Kier alpha value is -0.830. The van der Waals surface area contributed by atoms with E-state index in [2.05, 4.69) is 38.1 Å². The zero-order valence-corrected chi connectivity index (χ0v) is 22.8. The van der Waals surface area contributed by atoms with Crippen LogP contribution in [-0.2, 0) is 4.79 Å². The van der Waals surface area contributed by atoms with E-state index in [0.29, 0.717) is 6.42 Å².